The van der Waals surface area contributed by atoms with Crippen molar-refractivity contribution < 1.29 is 18.3 Å². The van der Waals surface area contributed by atoms with Crippen LogP contribution in [0.1, 0.15) is 36.6 Å². The number of aryl methyl sites for hydroxylation is 1. The highest BCUT2D eigenvalue weighted by Crippen LogP contribution is 2.27. The Balaban J connectivity index is 1.92. The molecule has 1 N–H and O–H groups in total. The lowest BCUT2D eigenvalue weighted by Crippen LogP contribution is -2.15. The third kappa shape index (κ3) is 3.44. The molecule has 0 fully saturated rings. The van der Waals surface area contributed by atoms with Gasteiger partial charge in [-0.25, -0.2) is 9.67 Å². The summed E-state index contributed by atoms with van der Waals surface area (Å²) in [5.74, 6) is -0.152. The van der Waals surface area contributed by atoms with Crippen molar-refractivity contribution in [2.75, 3.05) is 11.9 Å². The Morgan fingerprint density at radius 3 is 2.80 bits per heavy atom. The number of anilines is 1. The zero-order valence-corrected chi connectivity index (χ0v) is 13.7. The van der Waals surface area contributed by atoms with Crippen molar-refractivity contribution in [3.8, 4) is 5.75 Å². The lowest BCUT2D eigenvalue weighted by molar-refractivity contribution is 0.0561. The van der Waals surface area contributed by atoms with Gasteiger partial charge in [0.2, 0.25) is 0 Å². The van der Waals surface area contributed by atoms with E-state index < -0.39 is 12.5 Å². The molecular weight excluding hydrogens is 332 g/mol. The minimum absolute atomic E-state index is 0.109. The van der Waals surface area contributed by atoms with E-state index in [4.69, 9.17) is 4.74 Å². The summed E-state index contributed by atoms with van der Waals surface area (Å²) < 4.78 is 32.9. The number of nitrogens with one attached hydrogen (secondary N) is 1. The van der Waals surface area contributed by atoms with Crippen molar-refractivity contribution in [2.24, 2.45) is 0 Å². The molecule has 0 aliphatic heterocycles. The van der Waals surface area contributed by atoms with Crippen LogP contribution in [0, 0.1) is 0 Å². The van der Waals surface area contributed by atoms with E-state index in [2.05, 4.69) is 15.4 Å². The van der Waals surface area contributed by atoms with Crippen LogP contribution in [-0.4, -0.2) is 31.7 Å². The van der Waals surface area contributed by atoms with Crippen LogP contribution in [0.3, 0.4) is 0 Å². The van der Waals surface area contributed by atoms with Crippen molar-refractivity contribution in [3.05, 3.63) is 42.1 Å². The molecule has 0 unspecified atom stereocenters. The third-order valence-electron chi connectivity index (χ3n) is 3.56. The average Bonchev–Trinajstić information content (AvgIpc) is 3.21. The van der Waals surface area contributed by atoms with E-state index >= 15 is 0 Å². The highest BCUT2D eigenvalue weighted by atomic mass is 19.3. The van der Waals surface area contributed by atoms with Crippen molar-refractivity contribution in [1.82, 2.24) is 19.2 Å². The molecular formula is C16H17F2N5O2. The molecule has 132 valence electrons. The Kier molecular flexibility index (Phi) is 4.64. The topological polar surface area (TPSA) is 73.5 Å². The van der Waals surface area contributed by atoms with Gasteiger partial charge in [0.1, 0.15) is 17.1 Å². The van der Waals surface area contributed by atoms with Crippen molar-refractivity contribution in [1.29, 1.82) is 0 Å². The number of carbonyl (C=O) groups is 1. The number of carbonyl (C=O) groups excluding carboxylic acids is 1. The Morgan fingerprint density at radius 2 is 2.16 bits per heavy atom. The van der Waals surface area contributed by atoms with E-state index in [1.807, 2.05) is 20.0 Å². The SMILES string of the molecule is CCOc1cc2nc(CC)cn2cc1NC(=O)c1ccn(C(F)F)n1. The number of halogens is 2. The second-order valence-corrected chi connectivity index (χ2v) is 5.25. The Bertz CT molecular complexity index is 903. The van der Waals surface area contributed by atoms with Gasteiger partial charge in [-0.3, -0.25) is 4.79 Å². The van der Waals surface area contributed by atoms with Crippen molar-refractivity contribution in [3.63, 3.8) is 0 Å². The molecule has 0 aromatic carbocycles. The van der Waals surface area contributed by atoms with Crippen LogP contribution in [-0.2, 0) is 6.42 Å². The second-order valence-electron chi connectivity index (χ2n) is 5.25. The molecule has 3 rings (SSSR count). The molecule has 25 heavy (non-hydrogen) atoms. The minimum Gasteiger partial charge on any atom is -0.491 e. The lowest BCUT2D eigenvalue weighted by atomic mass is 10.3. The Morgan fingerprint density at radius 1 is 1.36 bits per heavy atom. The summed E-state index contributed by atoms with van der Waals surface area (Å²) in [7, 11) is 0. The first-order chi connectivity index (χ1) is 12.0. The molecule has 7 nitrogen and oxygen atoms in total. The van der Waals surface area contributed by atoms with Crippen LogP contribution >= 0.6 is 0 Å². The number of fused-ring (bicyclic) bond motifs is 1. The fraction of sp³-hybridized carbons (Fsp3) is 0.312. The first-order valence-electron chi connectivity index (χ1n) is 7.81. The standard InChI is InChI=1S/C16H17F2N5O2/c1-3-10-8-22-9-12(13(25-4-2)7-14(22)19-10)20-15(24)11-5-6-23(21-11)16(17)18/h5-9,16H,3-4H2,1-2H3,(H,20,24). The number of amides is 1. The minimum atomic E-state index is -2.80. The summed E-state index contributed by atoms with van der Waals surface area (Å²) in [5.41, 5.74) is 1.90. The molecule has 3 heterocycles. The van der Waals surface area contributed by atoms with Gasteiger partial charge in [0.25, 0.3) is 5.91 Å². The molecule has 0 spiro atoms. The second kappa shape index (κ2) is 6.88. The highest BCUT2D eigenvalue weighted by molar-refractivity contribution is 6.03. The smallest absolute Gasteiger partial charge is 0.333 e. The third-order valence-corrected chi connectivity index (χ3v) is 3.56. The molecule has 0 saturated carbocycles. The number of hydrogen-bond acceptors (Lipinski definition) is 4. The van der Waals surface area contributed by atoms with Crippen LogP contribution in [0.4, 0.5) is 14.5 Å². The van der Waals surface area contributed by atoms with Gasteiger partial charge >= 0.3 is 6.55 Å². The fourth-order valence-corrected chi connectivity index (χ4v) is 2.36. The molecule has 3 aromatic heterocycles. The molecule has 0 bridgehead atoms. The number of hydrogen-bond donors (Lipinski definition) is 1. The maximum absolute atomic E-state index is 12.6. The number of imidazole rings is 1. The predicted octanol–water partition coefficient (Wildman–Crippen LogP) is 3.14. The quantitative estimate of drug-likeness (QED) is 0.742. The molecule has 0 saturated heterocycles. The van der Waals surface area contributed by atoms with Crippen LogP contribution in [0.25, 0.3) is 5.65 Å². The number of pyridine rings is 1. The van der Waals surface area contributed by atoms with E-state index in [9.17, 15) is 13.6 Å². The first kappa shape index (κ1) is 16.9. The van der Waals surface area contributed by atoms with Crippen LogP contribution in [0.15, 0.2) is 30.7 Å². The van der Waals surface area contributed by atoms with Gasteiger partial charge in [0, 0.05) is 24.7 Å². The van der Waals surface area contributed by atoms with Crippen LogP contribution in [0.5, 0.6) is 5.75 Å². The highest BCUT2D eigenvalue weighted by Gasteiger charge is 2.16. The van der Waals surface area contributed by atoms with E-state index in [0.717, 1.165) is 18.3 Å². The van der Waals surface area contributed by atoms with E-state index in [1.165, 1.54) is 6.07 Å². The number of rotatable bonds is 6. The summed E-state index contributed by atoms with van der Waals surface area (Å²) in [4.78, 5) is 16.7. The average molecular weight is 349 g/mol. The lowest BCUT2D eigenvalue weighted by Gasteiger charge is -2.11. The van der Waals surface area contributed by atoms with Gasteiger partial charge in [-0.1, -0.05) is 6.92 Å². The van der Waals surface area contributed by atoms with Crippen molar-refractivity contribution >= 4 is 17.2 Å². The van der Waals surface area contributed by atoms with Gasteiger partial charge in [-0.2, -0.15) is 13.9 Å². The largest absolute Gasteiger partial charge is 0.491 e. The summed E-state index contributed by atoms with van der Waals surface area (Å²) >= 11 is 0. The van der Waals surface area contributed by atoms with E-state index in [0.29, 0.717) is 28.4 Å². The predicted molar refractivity (Wildman–Crippen MR) is 87.2 cm³/mol. The van der Waals surface area contributed by atoms with Gasteiger partial charge in [-0.05, 0) is 19.4 Å². The van der Waals surface area contributed by atoms with E-state index in [1.54, 1.807) is 16.7 Å². The number of nitrogens with zero attached hydrogens (tertiary/aromatic N) is 4. The van der Waals surface area contributed by atoms with Crippen LogP contribution in [0.2, 0.25) is 0 Å². The normalized spacial score (nSPS) is 11.2. The van der Waals surface area contributed by atoms with Gasteiger partial charge in [0.15, 0.2) is 5.69 Å². The molecule has 0 radical (unpaired) electrons. The summed E-state index contributed by atoms with van der Waals surface area (Å²) in [6.45, 7) is 1.42. The maximum atomic E-state index is 12.6. The zero-order chi connectivity index (χ0) is 18.0. The molecule has 0 aliphatic carbocycles. The Hall–Kier alpha value is -2.97. The summed E-state index contributed by atoms with van der Waals surface area (Å²) in [6.07, 6.45) is 5.36. The van der Waals surface area contributed by atoms with Gasteiger partial charge < -0.3 is 14.5 Å². The molecule has 1 amide bonds. The van der Waals surface area contributed by atoms with Crippen molar-refractivity contribution in [2.45, 2.75) is 26.8 Å². The number of aromatic nitrogens is 4. The molecule has 9 heteroatoms. The van der Waals surface area contributed by atoms with Crippen LogP contribution < -0.4 is 10.1 Å². The monoisotopic (exact) mass is 349 g/mol. The van der Waals surface area contributed by atoms with Gasteiger partial charge in [0.05, 0.1) is 12.3 Å². The summed E-state index contributed by atoms with van der Waals surface area (Å²) in [6, 6.07) is 2.95. The van der Waals surface area contributed by atoms with Gasteiger partial charge in [-0.15, -0.1) is 0 Å². The molecule has 0 atom stereocenters. The Labute approximate surface area is 142 Å². The first-order valence-corrected chi connectivity index (χ1v) is 7.81. The maximum Gasteiger partial charge on any atom is 0.333 e. The number of ether oxygens (including phenoxy) is 1. The molecule has 3 aromatic rings. The zero-order valence-electron chi connectivity index (χ0n) is 13.7. The fourth-order valence-electron chi connectivity index (χ4n) is 2.36. The summed E-state index contributed by atoms with van der Waals surface area (Å²) in [5, 5.41) is 6.21. The molecule has 0 aliphatic rings. The number of alkyl halides is 2. The van der Waals surface area contributed by atoms with E-state index in [-0.39, 0.29) is 5.69 Å².